The van der Waals surface area contributed by atoms with Crippen molar-refractivity contribution in [2.45, 2.75) is 6.55 Å². The molecule has 0 fully saturated rings. The van der Waals surface area contributed by atoms with Gasteiger partial charge < -0.3 is 14.5 Å². The molecule has 43 heavy (non-hydrogen) atoms. The number of rotatable bonds is 2. The molecule has 0 atom stereocenters. The van der Waals surface area contributed by atoms with E-state index in [0.717, 1.165) is 11.5 Å². The lowest BCUT2D eigenvalue weighted by molar-refractivity contribution is 0.487. The third-order valence-corrected chi connectivity index (χ3v) is 14.2. The SMILES string of the molecule is C[Si]12c3c4cccc3N(c3ccc5ccccc5c3)c3cccc(c31)N(c1ccc3ccccc3c1)c1cccc(c12)O4. The molecule has 4 heteroatoms. The van der Waals surface area contributed by atoms with Crippen LogP contribution < -0.4 is 30.1 Å². The van der Waals surface area contributed by atoms with Crippen LogP contribution in [0.25, 0.3) is 21.5 Å². The fraction of sp³-hybridized carbons (Fsp3) is 0.0256. The van der Waals surface area contributed by atoms with E-state index in [2.05, 4.69) is 156 Å². The number of anilines is 6. The smallest absolute Gasteiger partial charge is 0.165 e. The summed E-state index contributed by atoms with van der Waals surface area (Å²) in [7, 11) is -2.47. The van der Waals surface area contributed by atoms with Crippen molar-refractivity contribution in [3.05, 3.63) is 140 Å². The summed E-state index contributed by atoms with van der Waals surface area (Å²) in [5, 5.41) is 9.14. The lowest BCUT2D eigenvalue weighted by Crippen LogP contribution is -2.72. The van der Waals surface area contributed by atoms with Gasteiger partial charge in [0.2, 0.25) is 0 Å². The van der Waals surface area contributed by atoms with Crippen molar-refractivity contribution in [1.29, 1.82) is 0 Å². The average molecular weight is 567 g/mol. The molecule has 7 aromatic rings. The van der Waals surface area contributed by atoms with E-state index in [1.165, 1.54) is 71.2 Å². The Labute approximate surface area is 250 Å². The summed E-state index contributed by atoms with van der Waals surface area (Å²) >= 11 is 0. The number of benzene rings is 7. The third-order valence-electron chi connectivity index (χ3n) is 9.69. The lowest BCUT2D eigenvalue weighted by atomic mass is 10.1. The molecule has 0 aromatic heterocycles. The summed E-state index contributed by atoms with van der Waals surface area (Å²) in [5.74, 6) is 1.98. The van der Waals surface area contributed by atoms with Gasteiger partial charge in [0, 0.05) is 44.5 Å². The molecule has 7 aromatic carbocycles. The third kappa shape index (κ3) is 2.93. The summed E-state index contributed by atoms with van der Waals surface area (Å²) in [6, 6.07) is 50.9. The zero-order valence-corrected chi connectivity index (χ0v) is 24.6. The zero-order valence-electron chi connectivity index (χ0n) is 23.6. The summed E-state index contributed by atoms with van der Waals surface area (Å²) < 4.78 is 6.80. The molecule has 10 rings (SSSR count). The quantitative estimate of drug-likeness (QED) is 0.195. The molecule has 0 unspecified atom stereocenters. The van der Waals surface area contributed by atoms with Gasteiger partial charge in [0.25, 0.3) is 0 Å². The monoisotopic (exact) mass is 566 g/mol. The Hall–Kier alpha value is -5.32. The van der Waals surface area contributed by atoms with Crippen molar-refractivity contribution in [3.63, 3.8) is 0 Å². The van der Waals surface area contributed by atoms with E-state index in [0.29, 0.717) is 0 Å². The first-order valence-electron chi connectivity index (χ1n) is 14.9. The minimum absolute atomic E-state index is 0.988. The van der Waals surface area contributed by atoms with E-state index in [1.54, 1.807) is 0 Å². The van der Waals surface area contributed by atoms with Gasteiger partial charge in [-0.2, -0.15) is 0 Å². The Morgan fingerprint density at radius 3 is 1.33 bits per heavy atom. The van der Waals surface area contributed by atoms with E-state index in [9.17, 15) is 0 Å². The van der Waals surface area contributed by atoms with Crippen LogP contribution in [0.4, 0.5) is 34.1 Å². The van der Waals surface area contributed by atoms with E-state index >= 15 is 0 Å². The maximum Gasteiger partial charge on any atom is 0.165 e. The molecule has 3 heterocycles. The van der Waals surface area contributed by atoms with E-state index in [4.69, 9.17) is 4.74 Å². The molecule has 0 radical (unpaired) electrons. The van der Waals surface area contributed by atoms with Crippen molar-refractivity contribution < 1.29 is 4.74 Å². The van der Waals surface area contributed by atoms with Crippen molar-refractivity contribution in [2.24, 2.45) is 0 Å². The van der Waals surface area contributed by atoms with Gasteiger partial charge >= 0.3 is 0 Å². The van der Waals surface area contributed by atoms with Crippen LogP contribution in [0.5, 0.6) is 11.5 Å². The second-order valence-electron chi connectivity index (χ2n) is 11.9. The molecular formula is C39H26N2OSi. The average Bonchev–Trinajstić information content (AvgIpc) is 3.05. The Morgan fingerprint density at radius 1 is 0.419 bits per heavy atom. The van der Waals surface area contributed by atoms with Crippen LogP contribution in [0.15, 0.2) is 140 Å². The highest BCUT2D eigenvalue weighted by Crippen LogP contribution is 2.50. The fourth-order valence-corrected chi connectivity index (χ4v) is 12.8. The normalized spacial score (nSPS) is 14.9. The van der Waals surface area contributed by atoms with Crippen molar-refractivity contribution in [3.8, 4) is 11.5 Å². The molecule has 0 aliphatic carbocycles. The first-order chi connectivity index (χ1) is 21.2. The van der Waals surface area contributed by atoms with Gasteiger partial charge in [0.15, 0.2) is 8.07 Å². The summed E-state index contributed by atoms with van der Waals surface area (Å²) in [6.45, 7) is 2.54. The second-order valence-corrected chi connectivity index (χ2v) is 15.7. The minimum Gasteiger partial charge on any atom is -0.457 e. The van der Waals surface area contributed by atoms with Crippen LogP contribution in [-0.4, -0.2) is 8.07 Å². The molecule has 3 aliphatic rings. The summed E-state index contributed by atoms with van der Waals surface area (Å²) in [4.78, 5) is 4.94. The maximum atomic E-state index is 6.80. The second kappa shape index (κ2) is 8.15. The van der Waals surface area contributed by atoms with Crippen LogP contribution in [0.2, 0.25) is 6.55 Å². The Bertz CT molecular complexity index is 2170. The predicted molar refractivity (Wildman–Crippen MR) is 181 cm³/mol. The molecule has 202 valence electrons. The standard InChI is InChI=1S/C39H26N2OSi/c1-43-37-31-13-6-14-32(37)41(30-22-20-26-10-3-5-12-28(26)24-30)34-16-8-18-36(39(34)43)42-35-17-7-15-33(38(35)43)40(31)29-21-19-25-9-2-4-11-27(25)23-29/h2-24H,1H3. The summed E-state index contributed by atoms with van der Waals surface area (Å²) in [5.41, 5.74) is 7.31. The Kier molecular flexibility index (Phi) is 4.41. The molecular weight excluding hydrogens is 541 g/mol. The predicted octanol–water partition coefficient (Wildman–Crippen LogP) is 8.77. The highest BCUT2D eigenvalue weighted by molar-refractivity contribution is 7.15. The van der Waals surface area contributed by atoms with Crippen molar-refractivity contribution in [1.82, 2.24) is 0 Å². The highest BCUT2D eigenvalue weighted by atomic mass is 28.3. The number of ether oxygens (including phenoxy) is 1. The van der Waals surface area contributed by atoms with Crippen LogP contribution in [0.1, 0.15) is 0 Å². The first-order valence-corrected chi connectivity index (χ1v) is 17.4. The Balaban J connectivity index is 1.31. The molecule has 3 aliphatic heterocycles. The van der Waals surface area contributed by atoms with Crippen LogP contribution in [0.3, 0.4) is 0 Å². The van der Waals surface area contributed by atoms with E-state index < -0.39 is 8.07 Å². The van der Waals surface area contributed by atoms with Gasteiger partial charge in [-0.1, -0.05) is 85.4 Å². The van der Waals surface area contributed by atoms with Crippen LogP contribution >= 0.6 is 0 Å². The van der Waals surface area contributed by atoms with E-state index in [-0.39, 0.29) is 0 Å². The van der Waals surface area contributed by atoms with Crippen LogP contribution in [-0.2, 0) is 0 Å². The molecule has 0 bridgehead atoms. The molecule has 0 amide bonds. The van der Waals surface area contributed by atoms with Crippen LogP contribution in [0, 0.1) is 0 Å². The zero-order chi connectivity index (χ0) is 28.3. The molecule has 3 nitrogen and oxygen atoms in total. The number of nitrogens with zero attached hydrogens (tertiary/aromatic N) is 2. The molecule has 0 N–H and O–H groups in total. The molecule has 0 spiro atoms. The first kappa shape index (κ1) is 23.3. The van der Waals surface area contributed by atoms with Gasteiger partial charge in [-0.15, -0.1) is 0 Å². The van der Waals surface area contributed by atoms with E-state index in [1.807, 2.05) is 0 Å². The highest BCUT2D eigenvalue weighted by Gasteiger charge is 2.55. The largest absolute Gasteiger partial charge is 0.457 e. The number of hydrogen-bond donors (Lipinski definition) is 0. The van der Waals surface area contributed by atoms with Gasteiger partial charge in [-0.05, 0) is 87.4 Å². The number of hydrogen-bond acceptors (Lipinski definition) is 3. The van der Waals surface area contributed by atoms with Gasteiger partial charge in [0.05, 0.1) is 0 Å². The minimum atomic E-state index is -2.47. The fourth-order valence-electron chi connectivity index (χ4n) is 7.94. The van der Waals surface area contributed by atoms with Crippen molar-refractivity contribution in [2.75, 3.05) is 9.80 Å². The number of fused-ring (bicyclic) bond motifs is 2. The molecule has 0 saturated carbocycles. The maximum absolute atomic E-state index is 6.80. The van der Waals surface area contributed by atoms with Gasteiger partial charge in [0.1, 0.15) is 11.5 Å². The van der Waals surface area contributed by atoms with Gasteiger partial charge in [-0.25, -0.2) is 0 Å². The summed E-state index contributed by atoms with van der Waals surface area (Å²) in [6.07, 6.45) is 0. The topological polar surface area (TPSA) is 15.7 Å². The lowest BCUT2D eigenvalue weighted by Gasteiger charge is -2.51. The van der Waals surface area contributed by atoms with Crippen molar-refractivity contribution >= 4 is 79.3 Å². The Morgan fingerprint density at radius 2 is 0.837 bits per heavy atom. The molecule has 0 saturated heterocycles. The van der Waals surface area contributed by atoms with Gasteiger partial charge in [-0.3, -0.25) is 0 Å².